The fourth-order valence-corrected chi connectivity index (χ4v) is 3.07. The monoisotopic (exact) mass is 308 g/mol. The Labute approximate surface area is 138 Å². The Morgan fingerprint density at radius 3 is 2.30 bits per heavy atom. The van der Waals surface area contributed by atoms with Gasteiger partial charge in [0, 0.05) is 36.4 Å². The van der Waals surface area contributed by atoms with Crippen LogP contribution in [-0.2, 0) is 6.54 Å². The molecule has 2 aromatic rings. The average Bonchev–Trinajstić information content (AvgIpc) is 2.55. The van der Waals surface area contributed by atoms with Crippen molar-refractivity contribution in [3.05, 3.63) is 65.2 Å². The van der Waals surface area contributed by atoms with Crippen LogP contribution in [0.2, 0.25) is 0 Å². The van der Waals surface area contributed by atoms with E-state index in [9.17, 15) is 0 Å². The molecule has 23 heavy (non-hydrogen) atoms. The van der Waals surface area contributed by atoms with Crippen LogP contribution in [0.3, 0.4) is 0 Å². The van der Waals surface area contributed by atoms with Crippen molar-refractivity contribution in [1.82, 2.24) is 5.01 Å². The Morgan fingerprint density at radius 1 is 1.00 bits per heavy atom. The first-order chi connectivity index (χ1) is 11.0. The number of nitrogens with two attached hydrogens (primary N) is 2. The second-order valence-corrected chi connectivity index (χ2v) is 6.29. The lowest BCUT2D eigenvalue weighted by atomic mass is 9.95. The van der Waals surface area contributed by atoms with Gasteiger partial charge in [0.2, 0.25) is 0 Å². The number of anilines is 1. The van der Waals surface area contributed by atoms with Gasteiger partial charge in [0.05, 0.1) is 11.4 Å². The molecule has 2 aromatic carbocycles. The van der Waals surface area contributed by atoms with E-state index in [0.717, 1.165) is 34.8 Å². The number of hydrogen-bond acceptors (Lipinski definition) is 4. The minimum absolute atomic E-state index is 0.154. The molecule has 1 aliphatic rings. The lowest BCUT2D eigenvalue weighted by molar-refractivity contribution is 0.343. The summed E-state index contributed by atoms with van der Waals surface area (Å²) in [7, 11) is 2.09. The number of benzene rings is 2. The molecule has 120 valence electrons. The quantitative estimate of drug-likeness (QED) is 0.661. The number of nitrogens with zero attached hydrogens (tertiary/aromatic N) is 2. The second-order valence-electron chi connectivity index (χ2n) is 6.29. The predicted molar refractivity (Wildman–Crippen MR) is 97.2 cm³/mol. The normalized spacial score (nSPS) is 17.3. The summed E-state index contributed by atoms with van der Waals surface area (Å²) in [6.07, 6.45) is 0. The summed E-state index contributed by atoms with van der Waals surface area (Å²) in [4.78, 5) is 2.23. The van der Waals surface area contributed by atoms with Crippen LogP contribution in [0.4, 0.5) is 5.69 Å². The Morgan fingerprint density at radius 2 is 1.61 bits per heavy atom. The summed E-state index contributed by atoms with van der Waals surface area (Å²) in [5, 5.41) is 1.77. The lowest BCUT2D eigenvalue weighted by Gasteiger charge is -2.33. The van der Waals surface area contributed by atoms with Crippen molar-refractivity contribution in [1.29, 1.82) is 0 Å². The Balaban J connectivity index is 2.33. The molecular weight excluding hydrogens is 284 g/mol. The molecule has 0 saturated carbocycles. The topological polar surface area (TPSA) is 58.5 Å². The third kappa shape index (κ3) is 2.66. The Kier molecular flexibility index (Phi) is 4.01. The molecule has 0 bridgehead atoms. The van der Waals surface area contributed by atoms with Crippen LogP contribution in [0, 0.1) is 0 Å². The number of hydrogen-bond donors (Lipinski definition) is 2. The summed E-state index contributed by atoms with van der Waals surface area (Å²) in [5.41, 5.74) is 12.7. The zero-order chi connectivity index (χ0) is 16.6. The van der Waals surface area contributed by atoms with E-state index in [4.69, 9.17) is 11.6 Å². The van der Waals surface area contributed by atoms with Gasteiger partial charge in [0.25, 0.3) is 0 Å². The van der Waals surface area contributed by atoms with Gasteiger partial charge in [-0.1, -0.05) is 42.5 Å². The van der Waals surface area contributed by atoms with Crippen LogP contribution >= 0.6 is 0 Å². The van der Waals surface area contributed by atoms with E-state index < -0.39 is 0 Å². The molecule has 3 rings (SSSR count). The smallest absolute Gasteiger partial charge is 0.0832 e. The van der Waals surface area contributed by atoms with Gasteiger partial charge in [-0.2, -0.15) is 0 Å². The van der Waals surface area contributed by atoms with E-state index in [-0.39, 0.29) is 6.04 Å². The highest BCUT2D eigenvalue weighted by atomic mass is 15.4. The van der Waals surface area contributed by atoms with Crippen LogP contribution in [0.5, 0.6) is 0 Å². The maximum atomic E-state index is 6.61. The maximum Gasteiger partial charge on any atom is 0.0832 e. The molecule has 1 aliphatic heterocycles. The molecule has 0 aromatic heterocycles. The van der Waals surface area contributed by atoms with Crippen LogP contribution in [0.1, 0.15) is 30.5 Å². The predicted octanol–water partition coefficient (Wildman–Crippen LogP) is 3.01. The zero-order valence-electron chi connectivity index (χ0n) is 14.0. The molecule has 0 aliphatic carbocycles. The fourth-order valence-electron chi connectivity index (χ4n) is 3.07. The summed E-state index contributed by atoms with van der Waals surface area (Å²) in [5.74, 6) is 6.39. The average molecular weight is 308 g/mol. The minimum Gasteiger partial charge on any atom is -0.396 e. The van der Waals surface area contributed by atoms with Crippen LogP contribution in [0.15, 0.2) is 48.5 Å². The summed E-state index contributed by atoms with van der Waals surface area (Å²) in [6.45, 7) is 4.95. The van der Waals surface area contributed by atoms with Crippen molar-refractivity contribution < 1.29 is 0 Å². The molecule has 0 unspecified atom stereocenters. The van der Waals surface area contributed by atoms with E-state index in [1.54, 1.807) is 5.01 Å². The standard InChI is InChI=1S/C19H24N4/c1-13(2)23(21)19-15-9-5-4-8-14(15)12-22(3)17-11-7-6-10-16(17)18(19)20/h4-11,13H,12,20-21H2,1-3H3/b19-18-. The third-order valence-corrected chi connectivity index (χ3v) is 4.36. The lowest BCUT2D eigenvalue weighted by Crippen LogP contribution is -2.38. The SMILES string of the molecule is CC(C)N(N)/C1=C(\N)c2ccccc2N(C)Cc2ccccc21. The molecule has 4 N–H and O–H groups in total. The highest BCUT2D eigenvalue weighted by Crippen LogP contribution is 2.35. The molecule has 4 heteroatoms. The highest BCUT2D eigenvalue weighted by Gasteiger charge is 2.24. The van der Waals surface area contributed by atoms with Crippen LogP contribution in [-0.4, -0.2) is 18.1 Å². The van der Waals surface area contributed by atoms with E-state index in [2.05, 4.69) is 56.1 Å². The van der Waals surface area contributed by atoms with Crippen molar-refractivity contribution in [2.45, 2.75) is 26.4 Å². The molecule has 0 atom stereocenters. The number of fused-ring (bicyclic) bond motifs is 2. The van der Waals surface area contributed by atoms with Gasteiger partial charge in [-0.3, -0.25) is 0 Å². The second kappa shape index (κ2) is 5.97. The number of rotatable bonds is 2. The number of para-hydroxylation sites is 1. The van der Waals surface area contributed by atoms with Crippen molar-refractivity contribution in [2.24, 2.45) is 11.6 Å². The molecule has 0 saturated heterocycles. The first-order valence-corrected chi connectivity index (χ1v) is 7.93. The molecular formula is C19H24N4. The van der Waals surface area contributed by atoms with Gasteiger partial charge in [-0.15, -0.1) is 0 Å². The fraction of sp³-hybridized carbons (Fsp3) is 0.263. The molecule has 0 radical (unpaired) electrons. The van der Waals surface area contributed by atoms with Crippen molar-refractivity contribution in [2.75, 3.05) is 11.9 Å². The summed E-state index contributed by atoms with van der Waals surface area (Å²) in [6, 6.07) is 16.7. The van der Waals surface area contributed by atoms with Crippen molar-refractivity contribution >= 4 is 17.1 Å². The van der Waals surface area contributed by atoms with Crippen molar-refractivity contribution in [3.63, 3.8) is 0 Å². The molecule has 4 nitrogen and oxygen atoms in total. The summed E-state index contributed by atoms with van der Waals surface area (Å²) >= 11 is 0. The first-order valence-electron chi connectivity index (χ1n) is 7.93. The third-order valence-electron chi connectivity index (χ3n) is 4.36. The van der Waals surface area contributed by atoms with E-state index in [1.165, 1.54) is 5.56 Å². The van der Waals surface area contributed by atoms with Gasteiger partial charge >= 0.3 is 0 Å². The zero-order valence-corrected chi connectivity index (χ0v) is 14.0. The number of hydrazine groups is 1. The molecule has 0 spiro atoms. The van der Waals surface area contributed by atoms with Gasteiger partial charge in [0.1, 0.15) is 0 Å². The van der Waals surface area contributed by atoms with Crippen molar-refractivity contribution in [3.8, 4) is 0 Å². The van der Waals surface area contributed by atoms with Crippen LogP contribution in [0.25, 0.3) is 11.4 Å². The van der Waals surface area contributed by atoms with E-state index in [1.807, 2.05) is 18.2 Å². The van der Waals surface area contributed by atoms with E-state index in [0.29, 0.717) is 0 Å². The van der Waals surface area contributed by atoms with Gasteiger partial charge in [-0.05, 0) is 25.5 Å². The maximum absolute atomic E-state index is 6.61. The van der Waals surface area contributed by atoms with Gasteiger partial charge in [-0.25, -0.2) is 5.84 Å². The first kappa shape index (κ1) is 15.4. The summed E-state index contributed by atoms with van der Waals surface area (Å²) < 4.78 is 0. The Hall–Kier alpha value is -2.46. The molecule has 0 fully saturated rings. The van der Waals surface area contributed by atoms with Gasteiger partial charge < -0.3 is 15.6 Å². The molecule has 1 heterocycles. The minimum atomic E-state index is 0.154. The molecule has 0 amide bonds. The van der Waals surface area contributed by atoms with E-state index >= 15 is 0 Å². The highest BCUT2D eigenvalue weighted by molar-refractivity contribution is 5.93. The van der Waals surface area contributed by atoms with Crippen LogP contribution < -0.4 is 16.5 Å². The largest absolute Gasteiger partial charge is 0.396 e. The van der Waals surface area contributed by atoms with Gasteiger partial charge in [0.15, 0.2) is 0 Å². The Bertz CT molecular complexity index is 749.